The number of nitrogens with one attached hydrogen (secondary N) is 1. The molecule has 0 bridgehead atoms. The van der Waals surface area contributed by atoms with E-state index in [0.29, 0.717) is 25.1 Å². The summed E-state index contributed by atoms with van der Waals surface area (Å²) in [5, 5.41) is 11.2. The van der Waals surface area contributed by atoms with Crippen molar-refractivity contribution >= 4 is 12.0 Å². The van der Waals surface area contributed by atoms with Crippen molar-refractivity contribution in [1.82, 2.24) is 10.2 Å². The summed E-state index contributed by atoms with van der Waals surface area (Å²) in [5.41, 5.74) is 0.619. The first-order valence-electron chi connectivity index (χ1n) is 6.72. The first-order valence-corrected chi connectivity index (χ1v) is 6.72. The zero-order valence-corrected chi connectivity index (χ0v) is 11.5. The molecular weight excluding hydrogens is 279 g/mol. The Balaban J connectivity index is 1.92. The number of hydrogen-bond donors (Lipinski definition) is 2. The molecule has 6 nitrogen and oxygen atoms in total. The molecule has 2 N–H and O–H groups in total. The molecule has 0 saturated carbocycles. The fourth-order valence-electron chi connectivity index (χ4n) is 2.10. The lowest BCUT2D eigenvalue weighted by molar-refractivity contribution is -0.137. The molecule has 0 radical (unpaired) electrons. The number of carboxylic acids is 1. The number of carbonyl (C=O) groups excluding carboxylic acids is 1. The van der Waals surface area contributed by atoms with E-state index in [1.54, 1.807) is 12.1 Å². The monoisotopic (exact) mass is 296 g/mol. The minimum absolute atomic E-state index is 0.0113. The summed E-state index contributed by atoms with van der Waals surface area (Å²) >= 11 is 0. The number of rotatable bonds is 4. The number of hydrogen-bond acceptors (Lipinski definition) is 3. The molecule has 0 fully saturated rings. The first-order chi connectivity index (χ1) is 10.1. The number of para-hydroxylation sites is 1. The Morgan fingerprint density at radius 1 is 1.43 bits per heavy atom. The van der Waals surface area contributed by atoms with Crippen LogP contribution in [0.3, 0.4) is 0 Å². The highest BCUT2D eigenvalue weighted by molar-refractivity contribution is 5.74. The van der Waals surface area contributed by atoms with Gasteiger partial charge in [0.15, 0.2) is 11.6 Å². The Bertz CT molecular complexity index is 536. The molecule has 114 valence electrons. The maximum atomic E-state index is 13.6. The molecule has 0 aliphatic carbocycles. The largest absolute Gasteiger partial charge is 0.488 e. The van der Waals surface area contributed by atoms with Crippen molar-refractivity contribution in [3.63, 3.8) is 0 Å². The van der Waals surface area contributed by atoms with E-state index in [-0.39, 0.29) is 31.4 Å². The van der Waals surface area contributed by atoms with Crippen LogP contribution >= 0.6 is 0 Å². The van der Waals surface area contributed by atoms with Crippen molar-refractivity contribution in [2.75, 3.05) is 19.7 Å². The lowest BCUT2D eigenvalue weighted by Crippen LogP contribution is -2.41. The zero-order valence-electron chi connectivity index (χ0n) is 11.5. The summed E-state index contributed by atoms with van der Waals surface area (Å²) in [7, 11) is 0. The maximum Gasteiger partial charge on any atom is 0.317 e. The average Bonchev–Trinajstić information content (AvgIpc) is 2.66. The van der Waals surface area contributed by atoms with Crippen molar-refractivity contribution in [2.24, 2.45) is 0 Å². The molecule has 1 aliphatic rings. The van der Waals surface area contributed by atoms with Gasteiger partial charge in [0.1, 0.15) is 6.61 Å². The fraction of sp³-hybridized carbons (Fsp3) is 0.429. The second-order valence-corrected chi connectivity index (χ2v) is 4.73. The number of carboxylic acid groups (broad SMARTS) is 1. The standard InChI is InChI=1S/C14H17FN2O4/c15-11-4-1-3-10-9-17(7-8-21-13(10)11)14(20)16-6-2-5-12(18)19/h1,3-4H,2,5-9H2,(H,16,20)(H,18,19). The summed E-state index contributed by atoms with van der Waals surface area (Å²) in [5.74, 6) is -1.13. The second kappa shape index (κ2) is 6.92. The van der Waals surface area contributed by atoms with Crippen LogP contribution < -0.4 is 10.1 Å². The third-order valence-electron chi connectivity index (χ3n) is 3.15. The van der Waals surface area contributed by atoms with Crippen LogP contribution in [0.15, 0.2) is 18.2 Å². The van der Waals surface area contributed by atoms with Crippen molar-refractivity contribution in [1.29, 1.82) is 0 Å². The lowest BCUT2D eigenvalue weighted by atomic mass is 10.2. The Labute approximate surface area is 121 Å². The third-order valence-corrected chi connectivity index (χ3v) is 3.15. The van der Waals surface area contributed by atoms with Crippen molar-refractivity contribution in [3.05, 3.63) is 29.6 Å². The molecule has 1 aromatic carbocycles. The van der Waals surface area contributed by atoms with Crippen LogP contribution in [-0.4, -0.2) is 41.7 Å². The molecule has 0 atom stereocenters. The van der Waals surface area contributed by atoms with Gasteiger partial charge in [0.2, 0.25) is 0 Å². The van der Waals surface area contributed by atoms with Gasteiger partial charge in [-0.15, -0.1) is 0 Å². The molecule has 2 amide bonds. The third kappa shape index (κ3) is 4.08. The number of carbonyl (C=O) groups is 2. The van der Waals surface area contributed by atoms with Gasteiger partial charge in [-0.05, 0) is 12.5 Å². The molecule has 0 aromatic heterocycles. The van der Waals surface area contributed by atoms with E-state index in [0.717, 1.165) is 0 Å². The molecule has 0 spiro atoms. The molecule has 1 heterocycles. The first kappa shape index (κ1) is 15.1. The molecule has 7 heteroatoms. The second-order valence-electron chi connectivity index (χ2n) is 4.73. The number of benzene rings is 1. The van der Waals surface area contributed by atoms with Crippen LogP contribution in [0, 0.1) is 5.82 Å². The topological polar surface area (TPSA) is 78.9 Å². The van der Waals surface area contributed by atoms with Crippen LogP contribution in [0.1, 0.15) is 18.4 Å². The van der Waals surface area contributed by atoms with Gasteiger partial charge in [0.25, 0.3) is 0 Å². The summed E-state index contributed by atoms with van der Waals surface area (Å²) in [6.07, 6.45) is 0.383. The Kier molecular flexibility index (Phi) is 4.97. The Morgan fingerprint density at radius 2 is 2.24 bits per heavy atom. The number of amides is 2. The van der Waals surface area contributed by atoms with Gasteiger partial charge in [-0.3, -0.25) is 4.79 Å². The number of halogens is 1. The highest BCUT2D eigenvalue weighted by atomic mass is 19.1. The Hall–Kier alpha value is -2.31. The van der Waals surface area contributed by atoms with Gasteiger partial charge < -0.3 is 20.1 Å². The Morgan fingerprint density at radius 3 is 3.00 bits per heavy atom. The number of urea groups is 1. The molecule has 21 heavy (non-hydrogen) atoms. The van der Waals surface area contributed by atoms with Gasteiger partial charge in [0, 0.05) is 18.5 Å². The quantitative estimate of drug-likeness (QED) is 0.827. The SMILES string of the molecule is O=C(O)CCCNC(=O)N1CCOc2c(F)cccc2C1. The minimum atomic E-state index is -0.892. The molecule has 2 rings (SSSR count). The average molecular weight is 296 g/mol. The molecule has 1 aliphatic heterocycles. The van der Waals surface area contributed by atoms with E-state index in [2.05, 4.69) is 5.32 Å². The summed E-state index contributed by atoms with van der Waals surface area (Å²) < 4.78 is 18.9. The van der Waals surface area contributed by atoms with E-state index >= 15 is 0 Å². The normalized spacial score (nSPS) is 13.9. The van der Waals surface area contributed by atoms with Crippen LogP contribution in [-0.2, 0) is 11.3 Å². The van der Waals surface area contributed by atoms with Crippen molar-refractivity contribution < 1.29 is 23.8 Å². The van der Waals surface area contributed by atoms with Gasteiger partial charge in [-0.2, -0.15) is 0 Å². The smallest absolute Gasteiger partial charge is 0.317 e. The highest BCUT2D eigenvalue weighted by Gasteiger charge is 2.21. The fourth-order valence-corrected chi connectivity index (χ4v) is 2.10. The van der Waals surface area contributed by atoms with Crippen LogP contribution in [0.25, 0.3) is 0 Å². The molecule has 0 unspecified atom stereocenters. The summed E-state index contributed by atoms with van der Waals surface area (Å²) in [6.45, 7) is 1.12. The van der Waals surface area contributed by atoms with Gasteiger partial charge in [0.05, 0.1) is 13.1 Å². The summed E-state index contributed by atoms with van der Waals surface area (Å²) in [4.78, 5) is 23.9. The van der Waals surface area contributed by atoms with E-state index in [1.807, 2.05) is 0 Å². The van der Waals surface area contributed by atoms with Crippen LogP contribution in [0.5, 0.6) is 5.75 Å². The van der Waals surface area contributed by atoms with E-state index in [1.165, 1.54) is 11.0 Å². The van der Waals surface area contributed by atoms with Gasteiger partial charge in [-0.1, -0.05) is 12.1 Å². The number of fused-ring (bicyclic) bond motifs is 1. The van der Waals surface area contributed by atoms with E-state index < -0.39 is 11.8 Å². The van der Waals surface area contributed by atoms with Crippen LogP contribution in [0.2, 0.25) is 0 Å². The maximum absolute atomic E-state index is 13.6. The number of nitrogens with zero attached hydrogens (tertiary/aromatic N) is 1. The lowest BCUT2D eigenvalue weighted by Gasteiger charge is -2.20. The van der Waals surface area contributed by atoms with E-state index in [4.69, 9.17) is 9.84 Å². The predicted octanol–water partition coefficient (Wildman–Crippen LogP) is 1.59. The molecular formula is C14H17FN2O4. The van der Waals surface area contributed by atoms with Crippen molar-refractivity contribution in [2.45, 2.75) is 19.4 Å². The van der Waals surface area contributed by atoms with Gasteiger partial charge >= 0.3 is 12.0 Å². The molecule has 0 saturated heterocycles. The minimum Gasteiger partial charge on any atom is -0.488 e. The van der Waals surface area contributed by atoms with Gasteiger partial charge in [-0.25, -0.2) is 9.18 Å². The van der Waals surface area contributed by atoms with E-state index in [9.17, 15) is 14.0 Å². The van der Waals surface area contributed by atoms with Crippen molar-refractivity contribution in [3.8, 4) is 5.75 Å². The highest BCUT2D eigenvalue weighted by Crippen LogP contribution is 2.26. The zero-order chi connectivity index (χ0) is 15.2. The number of ether oxygens (including phenoxy) is 1. The number of aliphatic carboxylic acids is 1. The predicted molar refractivity (Wildman–Crippen MR) is 72.6 cm³/mol. The summed E-state index contributed by atoms with van der Waals surface area (Å²) in [6, 6.07) is 4.31. The molecule has 1 aromatic rings. The van der Waals surface area contributed by atoms with Crippen LogP contribution in [0.4, 0.5) is 9.18 Å².